The second-order valence-electron chi connectivity index (χ2n) is 6.09. The molecule has 1 saturated heterocycles. The predicted octanol–water partition coefficient (Wildman–Crippen LogP) is 2.15. The fourth-order valence-electron chi connectivity index (χ4n) is 3.48. The standard InChI is InChI=1S/C17H23N3O2/c1-2-5-16(21)19-10-4-3-6-15(19)17(22)20-11-8-13-12-18-9-7-14(13)20/h7,9,12,15H,2-6,8,10-11H2,1H3/t15-/m1/s1. The van der Waals surface area contributed by atoms with Crippen LogP contribution in [0.2, 0.25) is 0 Å². The first-order chi connectivity index (χ1) is 10.7. The third-order valence-electron chi connectivity index (χ3n) is 4.61. The zero-order chi connectivity index (χ0) is 15.5. The molecule has 0 unspecified atom stereocenters. The van der Waals surface area contributed by atoms with Crippen LogP contribution in [-0.4, -0.2) is 40.8 Å². The van der Waals surface area contributed by atoms with Gasteiger partial charge in [-0.1, -0.05) is 6.92 Å². The van der Waals surface area contributed by atoms with Crippen molar-refractivity contribution in [1.29, 1.82) is 0 Å². The molecule has 0 spiro atoms. The minimum Gasteiger partial charge on any atom is -0.331 e. The molecule has 0 N–H and O–H groups in total. The van der Waals surface area contributed by atoms with Gasteiger partial charge in [0.15, 0.2) is 0 Å². The number of fused-ring (bicyclic) bond motifs is 1. The van der Waals surface area contributed by atoms with Crippen molar-refractivity contribution in [3.63, 3.8) is 0 Å². The fourth-order valence-corrected chi connectivity index (χ4v) is 3.48. The molecular weight excluding hydrogens is 278 g/mol. The summed E-state index contributed by atoms with van der Waals surface area (Å²) in [7, 11) is 0. The molecule has 5 heteroatoms. The summed E-state index contributed by atoms with van der Waals surface area (Å²) in [4.78, 5) is 33.1. The fraction of sp³-hybridized carbons (Fsp3) is 0.588. The quantitative estimate of drug-likeness (QED) is 0.859. The number of carbonyl (C=O) groups is 2. The Hall–Kier alpha value is -1.91. The topological polar surface area (TPSA) is 53.5 Å². The summed E-state index contributed by atoms with van der Waals surface area (Å²) in [5.74, 6) is 0.198. The van der Waals surface area contributed by atoms with Crippen LogP contribution in [-0.2, 0) is 16.0 Å². The van der Waals surface area contributed by atoms with E-state index in [4.69, 9.17) is 0 Å². The Morgan fingerprint density at radius 1 is 1.32 bits per heavy atom. The first-order valence-corrected chi connectivity index (χ1v) is 8.26. The Morgan fingerprint density at radius 2 is 2.18 bits per heavy atom. The number of nitrogens with zero attached hydrogens (tertiary/aromatic N) is 3. The number of pyridine rings is 1. The lowest BCUT2D eigenvalue weighted by molar-refractivity contribution is -0.141. The van der Waals surface area contributed by atoms with E-state index in [1.807, 2.05) is 29.0 Å². The number of hydrogen-bond donors (Lipinski definition) is 0. The molecule has 22 heavy (non-hydrogen) atoms. The largest absolute Gasteiger partial charge is 0.331 e. The van der Waals surface area contributed by atoms with E-state index in [0.717, 1.165) is 43.4 Å². The van der Waals surface area contributed by atoms with Crippen LogP contribution in [0.3, 0.4) is 0 Å². The van der Waals surface area contributed by atoms with Crippen LogP contribution in [0.1, 0.15) is 44.6 Å². The molecule has 0 aliphatic carbocycles. The number of amides is 2. The molecule has 5 nitrogen and oxygen atoms in total. The zero-order valence-corrected chi connectivity index (χ0v) is 13.1. The first-order valence-electron chi connectivity index (χ1n) is 8.26. The molecule has 0 bridgehead atoms. The molecule has 2 aliphatic heterocycles. The maximum absolute atomic E-state index is 13.0. The van der Waals surface area contributed by atoms with Crippen molar-refractivity contribution in [1.82, 2.24) is 9.88 Å². The Bertz CT molecular complexity index is 573. The van der Waals surface area contributed by atoms with Crippen molar-refractivity contribution in [2.24, 2.45) is 0 Å². The minimum absolute atomic E-state index is 0.0779. The molecule has 0 saturated carbocycles. The smallest absolute Gasteiger partial charge is 0.249 e. The van der Waals surface area contributed by atoms with E-state index in [9.17, 15) is 9.59 Å². The van der Waals surface area contributed by atoms with Gasteiger partial charge in [0.1, 0.15) is 6.04 Å². The van der Waals surface area contributed by atoms with Gasteiger partial charge in [0.25, 0.3) is 0 Å². The molecule has 2 aliphatic rings. The monoisotopic (exact) mass is 301 g/mol. The van der Waals surface area contributed by atoms with Gasteiger partial charge in [0.05, 0.1) is 5.69 Å². The van der Waals surface area contributed by atoms with Crippen LogP contribution in [0.4, 0.5) is 5.69 Å². The van der Waals surface area contributed by atoms with Gasteiger partial charge >= 0.3 is 0 Å². The summed E-state index contributed by atoms with van der Waals surface area (Å²) in [5.41, 5.74) is 2.09. The van der Waals surface area contributed by atoms with Gasteiger partial charge in [-0.15, -0.1) is 0 Å². The number of anilines is 1. The van der Waals surface area contributed by atoms with Crippen LogP contribution in [0.15, 0.2) is 18.5 Å². The Labute approximate surface area is 131 Å². The summed E-state index contributed by atoms with van der Waals surface area (Å²) < 4.78 is 0. The van der Waals surface area contributed by atoms with E-state index < -0.39 is 0 Å². The van der Waals surface area contributed by atoms with Gasteiger partial charge in [-0.25, -0.2) is 0 Å². The highest BCUT2D eigenvalue weighted by Gasteiger charge is 2.36. The predicted molar refractivity (Wildman–Crippen MR) is 84.6 cm³/mol. The Morgan fingerprint density at radius 3 is 3.00 bits per heavy atom. The summed E-state index contributed by atoms with van der Waals surface area (Å²) in [5, 5.41) is 0. The molecule has 118 valence electrons. The van der Waals surface area contributed by atoms with Gasteiger partial charge in [-0.3, -0.25) is 14.6 Å². The van der Waals surface area contributed by atoms with E-state index in [2.05, 4.69) is 4.98 Å². The highest BCUT2D eigenvalue weighted by molar-refractivity contribution is 6.00. The summed E-state index contributed by atoms with van der Waals surface area (Å²) in [6.07, 6.45) is 8.58. The highest BCUT2D eigenvalue weighted by Crippen LogP contribution is 2.29. The lowest BCUT2D eigenvalue weighted by Gasteiger charge is -2.37. The lowest BCUT2D eigenvalue weighted by atomic mass is 10.00. The van der Waals surface area contributed by atoms with Crippen molar-refractivity contribution in [2.75, 3.05) is 18.0 Å². The summed E-state index contributed by atoms with van der Waals surface area (Å²) >= 11 is 0. The van der Waals surface area contributed by atoms with Crippen LogP contribution in [0.5, 0.6) is 0 Å². The van der Waals surface area contributed by atoms with Crippen molar-refractivity contribution in [3.8, 4) is 0 Å². The van der Waals surface area contributed by atoms with Crippen molar-refractivity contribution in [3.05, 3.63) is 24.0 Å². The van der Waals surface area contributed by atoms with E-state index >= 15 is 0 Å². The maximum Gasteiger partial charge on any atom is 0.249 e. The van der Waals surface area contributed by atoms with E-state index in [-0.39, 0.29) is 17.9 Å². The second kappa shape index (κ2) is 6.46. The normalized spacial score (nSPS) is 20.9. The van der Waals surface area contributed by atoms with Crippen LogP contribution >= 0.6 is 0 Å². The molecule has 3 heterocycles. The average Bonchev–Trinajstić information content (AvgIpc) is 2.98. The van der Waals surface area contributed by atoms with E-state index in [1.165, 1.54) is 0 Å². The third kappa shape index (κ3) is 2.72. The van der Waals surface area contributed by atoms with Crippen molar-refractivity contribution < 1.29 is 9.59 Å². The first kappa shape index (κ1) is 15.0. The molecule has 0 radical (unpaired) electrons. The molecular formula is C17H23N3O2. The second-order valence-corrected chi connectivity index (χ2v) is 6.09. The summed E-state index contributed by atoms with van der Waals surface area (Å²) in [6.45, 7) is 3.42. The zero-order valence-electron chi connectivity index (χ0n) is 13.1. The Balaban J connectivity index is 1.80. The van der Waals surface area contributed by atoms with Crippen molar-refractivity contribution in [2.45, 2.75) is 51.5 Å². The van der Waals surface area contributed by atoms with Crippen molar-refractivity contribution >= 4 is 17.5 Å². The number of aromatic nitrogens is 1. The van der Waals surface area contributed by atoms with Gasteiger partial charge in [0, 0.05) is 31.9 Å². The highest BCUT2D eigenvalue weighted by atomic mass is 16.2. The van der Waals surface area contributed by atoms with Crippen LogP contribution in [0.25, 0.3) is 0 Å². The molecule has 1 fully saturated rings. The summed E-state index contributed by atoms with van der Waals surface area (Å²) in [6, 6.07) is 1.62. The number of hydrogen-bond acceptors (Lipinski definition) is 3. The van der Waals surface area contributed by atoms with Gasteiger partial charge in [-0.05, 0) is 43.7 Å². The number of likely N-dealkylation sites (tertiary alicyclic amines) is 1. The van der Waals surface area contributed by atoms with Gasteiger partial charge in [-0.2, -0.15) is 0 Å². The van der Waals surface area contributed by atoms with Gasteiger partial charge < -0.3 is 9.80 Å². The molecule has 3 rings (SSSR count). The minimum atomic E-state index is -0.285. The average molecular weight is 301 g/mol. The SMILES string of the molecule is CCCC(=O)N1CCCC[C@@H]1C(=O)N1CCc2cnccc21. The third-order valence-corrected chi connectivity index (χ3v) is 4.61. The van der Waals surface area contributed by atoms with E-state index in [1.54, 1.807) is 6.20 Å². The maximum atomic E-state index is 13.0. The van der Waals surface area contributed by atoms with Crippen LogP contribution < -0.4 is 4.90 Å². The molecule has 1 aromatic heterocycles. The Kier molecular flexibility index (Phi) is 4.41. The number of piperidine rings is 1. The number of rotatable bonds is 3. The molecule has 0 aromatic carbocycles. The molecule has 1 aromatic rings. The molecule has 1 atom stereocenters. The molecule has 2 amide bonds. The number of carbonyl (C=O) groups excluding carboxylic acids is 2. The van der Waals surface area contributed by atoms with Gasteiger partial charge in [0.2, 0.25) is 11.8 Å². The lowest BCUT2D eigenvalue weighted by Crippen LogP contribution is -2.52. The van der Waals surface area contributed by atoms with Crippen LogP contribution in [0, 0.1) is 0 Å². The van der Waals surface area contributed by atoms with E-state index in [0.29, 0.717) is 19.5 Å².